The van der Waals surface area contributed by atoms with E-state index in [1.165, 1.54) is 38.5 Å². The second-order valence-corrected chi connectivity index (χ2v) is 5.93. The first-order chi connectivity index (χ1) is 9.22. The topological polar surface area (TPSA) is 42.7 Å². The minimum absolute atomic E-state index is 0.473. The molecule has 2 rings (SSSR count). The normalized spacial score (nSPS) is 19.7. The van der Waals surface area contributed by atoms with Gasteiger partial charge in [0.15, 0.2) is 0 Å². The van der Waals surface area contributed by atoms with E-state index >= 15 is 0 Å². The highest BCUT2D eigenvalue weighted by Gasteiger charge is 2.39. The first-order valence-electron chi connectivity index (χ1n) is 7.78. The van der Waals surface area contributed by atoms with E-state index in [2.05, 4.69) is 29.2 Å². The van der Waals surface area contributed by atoms with E-state index in [-0.39, 0.29) is 0 Å². The van der Waals surface area contributed by atoms with Crippen molar-refractivity contribution >= 4 is 0 Å². The summed E-state index contributed by atoms with van der Waals surface area (Å²) < 4.78 is 1.92. The fraction of sp³-hybridized carbons (Fsp3) is 0.867. The van der Waals surface area contributed by atoms with Gasteiger partial charge in [0.2, 0.25) is 0 Å². The van der Waals surface area contributed by atoms with Crippen LogP contribution in [0, 0.1) is 5.41 Å². The van der Waals surface area contributed by atoms with Crippen LogP contribution in [0.4, 0.5) is 0 Å². The van der Waals surface area contributed by atoms with E-state index in [0.717, 1.165) is 18.8 Å². The second kappa shape index (κ2) is 6.51. The third-order valence-corrected chi connectivity index (χ3v) is 4.88. The van der Waals surface area contributed by atoms with Crippen LogP contribution in [0.5, 0.6) is 0 Å². The molecule has 0 aliphatic heterocycles. The number of aromatic nitrogens is 3. The molecule has 4 heteroatoms. The Labute approximate surface area is 117 Å². The lowest BCUT2D eigenvalue weighted by Crippen LogP contribution is -2.46. The highest BCUT2D eigenvalue weighted by Crippen LogP contribution is 2.44. The third kappa shape index (κ3) is 3.16. The number of aryl methyl sites for hydroxylation is 1. The molecule has 19 heavy (non-hydrogen) atoms. The van der Waals surface area contributed by atoms with E-state index in [4.69, 9.17) is 0 Å². The maximum Gasteiger partial charge on any atom is 0.138 e. The summed E-state index contributed by atoms with van der Waals surface area (Å²) in [7, 11) is 1.99. The zero-order valence-corrected chi connectivity index (χ0v) is 12.7. The monoisotopic (exact) mass is 264 g/mol. The first kappa shape index (κ1) is 14.5. The van der Waals surface area contributed by atoms with E-state index in [0.29, 0.717) is 11.5 Å². The predicted molar refractivity (Wildman–Crippen MR) is 78.0 cm³/mol. The molecule has 1 aromatic rings. The second-order valence-electron chi connectivity index (χ2n) is 5.93. The maximum absolute atomic E-state index is 4.41. The van der Waals surface area contributed by atoms with Crippen molar-refractivity contribution in [1.82, 2.24) is 20.1 Å². The molecule has 1 aliphatic carbocycles. The summed E-state index contributed by atoms with van der Waals surface area (Å²) >= 11 is 0. The van der Waals surface area contributed by atoms with E-state index in [1.807, 2.05) is 11.7 Å². The van der Waals surface area contributed by atoms with Crippen LogP contribution in [0.3, 0.4) is 0 Å². The van der Waals surface area contributed by atoms with Crippen molar-refractivity contribution in [1.29, 1.82) is 0 Å². The Kier molecular flexibility index (Phi) is 4.97. The molecule has 0 saturated heterocycles. The fourth-order valence-electron chi connectivity index (χ4n) is 3.54. The highest BCUT2D eigenvalue weighted by molar-refractivity contribution is 5.00. The Balaban J connectivity index is 2.12. The number of nitrogens with zero attached hydrogens (tertiary/aromatic N) is 3. The van der Waals surface area contributed by atoms with Gasteiger partial charge < -0.3 is 5.32 Å². The molecular weight excluding hydrogens is 236 g/mol. The van der Waals surface area contributed by atoms with Crippen LogP contribution in [-0.2, 0) is 13.5 Å². The summed E-state index contributed by atoms with van der Waals surface area (Å²) in [5, 5.41) is 7.99. The summed E-state index contributed by atoms with van der Waals surface area (Å²) in [6.45, 7) is 5.69. The minimum atomic E-state index is 0.473. The molecule has 0 bridgehead atoms. The quantitative estimate of drug-likeness (QED) is 0.823. The van der Waals surface area contributed by atoms with Gasteiger partial charge in [-0.1, -0.05) is 26.7 Å². The van der Waals surface area contributed by atoms with Crippen molar-refractivity contribution in [3.63, 3.8) is 0 Å². The molecule has 1 unspecified atom stereocenters. The molecule has 1 aliphatic rings. The molecule has 0 spiro atoms. The molecule has 1 N–H and O–H groups in total. The van der Waals surface area contributed by atoms with Gasteiger partial charge in [-0.15, -0.1) is 0 Å². The Morgan fingerprint density at radius 2 is 2.11 bits per heavy atom. The predicted octanol–water partition coefficient (Wildman–Crippen LogP) is 2.70. The maximum atomic E-state index is 4.41. The van der Waals surface area contributed by atoms with E-state index < -0.39 is 0 Å². The smallest absolute Gasteiger partial charge is 0.138 e. The summed E-state index contributed by atoms with van der Waals surface area (Å²) in [6.07, 6.45) is 10.6. The van der Waals surface area contributed by atoms with Crippen molar-refractivity contribution < 1.29 is 0 Å². The SMILES string of the molecule is CCCNC(Cc1ncnn1C)C1(CC)CCCC1. The van der Waals surface area contributed by atoms with Crippen LogP contribution in [-0.4, -0.2) is 27.4 Å². The summed E-state index contributed by atoms with van der Waals surface area (Å²) in [5.74, 6) is 1.10. The summed E-state index contributed by atoms with van der Waals surface area (Å²) in [4.78, 5) is 4.41. The van der Waals surface area contributed by atoms with Crippen LogP contribution in [0.2, 0.25) is 0 Å². The Morgan fingerprint density at radius 3 is 2.63 bits per heavy atom. The van der Waals surface area contributed by atoms with Gasteiger partial charge in [-0.2, -0.15) is 5.10 Å². The zero-order valence-electron chi connectivity index (χ0n) is 12.7. The lowest BCUT2D eigenvalue weighted by Gasteiger charge is -2.37. The summed E-state index contributed by atoms with van der Waals surface area (Å²) in [5.41, 5.74) is 0.473. The Hall–Kier alpha value is -0.900. The average molecular weight is 264 g/mol. The molecule has 1 fully saturated rings. The molecule has 0 amide bonds. The number of hydrogen-bond acceptors (Lipinski definition) is 3. The van der Waals surface area contributed by atoms with Gasteiger partial charge in [-0.3, -0.25) is 4.68 Å². The molecule has 1 atom stereocenters. The van der Waals surface area contributed by atoms with Crippen molar-refractivity contribution in [3.8, 4) is 0 Å². The van der Waals surface area contributed by atoms with Gasteiger partial charge in [-0.25, -0.2) is 4.98 Å². The van der Waals surface area contributed by atoms with Crippen LogP contribution in [0.1, 0.15) is 58.2 Å². The van der Waals surface area contributed by atoms with Gasteiger partial charge in [0, 0.05) is 19.5 Å². The molecule has 1 heterocycles. The molecule has 1 saturated carbocycles. The summed E-state index contributed by atoms with van der Waals surface area (Å²) in [6, 6.07) is 0.544. The van der Waals surface area contributed by atoms with Crippen LogP contribution in [0.15, 0.2) is 6.33 Å². The number of hydrogen-bond donors (Lipinski definition) is 1. The van der Waals surface area contributed by atoms with E-state index in [9.17, 15) is 0 Å². The molecule has 0 aromatic carbocycles. The lowest BCUT2D eigenvalue weighted by molar-refractivity contribution is 0.181. The first-order valence-corrected chi connectivity index (χ1v) is 7.78. The van der Waals surface area contributed by atoms with Crippen molar-refractivity contribution in [2.45, 2.75) is 64.8 Å². The van der Waals surface area contributed by atoms with Gasteiger partial charge in [0.1, 0.15) is 12.2 Å². The molecular formula is C15H28N4. The van der Waals surface area contributed by atoms with Gasteiger partial charge >= 0.3 is 0 Å². The van der Waals surface area contributed by atoms with Crippen molar-refractivity contribution in [2.24, 2.45) is 12.5 Å². The van der Waals surface area contributed by atoms with Gasteiger partial charge in [0.25, 0.3) is 0 Å². The Bertz CT molecular complexity index is 379. The standard InChI is InChI=1S/C15H28N4/c1-4-10-16-13(11-14-17-12-18-19(14)3)15(5-2)8-6-7-9-15/h12-13,16H,4-11H2,1-3H3. The van der Waals surface area contributed by atoms with E-state index in [1.54, 1.807) is 6.33 Å². The average Bonchev–Trinajstić information content (AvgIpc) is 3.04. The minimum Gasteiger partial charge on any atom is -0.313 e. The van der Waals surface area contributed by atoms with Crippen LogP contribution >= 0.6 is 0 Å². The zero-order chi connectivity index (χ0) is 13.7. The van der Waals surface area contributed by atoms with Crippen LogP contribution < -0.4 is 5.32 Å². The Morgan fingerprint density at radius 1 is 1.37 bits per heavy atom. The van der Waals surface area contributed by atoms with Crippen LogP contribution in [0.25, 0.3) is 0 Å². The molecule has 4 nitrogen and oxygen atoms in total. The fourth-order valence-corrected chi connectivity index (χ4v) is 3.54. The molecule has 1 aromatic heterocycles. The van der Waals surface area contributed by atoms with Gasteiger partial charge in [0.05, 0.1) is 0 Å². The molecule has 108 valence electrons. The lowest BCUT2D eigenvalue weighted by atomic mass is 9.74. The van der Waals surface area contributed by atoms with Gasteiger partial charge in [-0.05, 0) is 37.6 Å². The van der Waals surface area contributed by atoms with Crippen molar-refractivity contribution in [2.75, 3.05) is 6.54 Å². The highest BCUT2D eigenvalue weighted by atomic mass is 15.3. The number of nitrogens with one attached hydrogen (secondary N) is 1. The largest absolute Gasteiger partial charge is 0.313 e. The number of rotatable bonds is 7. The van der Waals surface area contributed by atoms with Crippen molar-refractivity contribution in [3.05, 3.63) is 12.2 Å². The third-order valence-electron chi connectivity index (χ3n) is 4.88. The molecule has 0 radical (unpaired) electrons.